The van der Waals surface area contributed by atoms with Crippen LogP contribution in [0.5, 0.6) is 5.75 Å². The molecule has 2 rings (SSSR count). The predicted octanol–water partition coefficient (Wildman–Crippen LogP) is 1.28. The van der Waals surface area contributed by atoms with E-state index in [0.717, 1.165) is 12.1 Å². The fourth-order valence-corrected chi connectivity index (χ4v) is 1.69. The molecule has 0 radical (unpaired) electrons. The molecule has 1 N–H and O–H groups in total. The lowest BCUT2D eigenvalue weighted by atomic mass is 10.1. The van der Waals surface area contributed by atoms with Crippen LogP contribution in [-0.2, 0) is 13.0 Å². The molecule has 0 atom stereocenters. The van der Waals surface area contributed by atoms with E-state index >= 15 is 0 Å². The van der Waals surface area contributed by atoms with Crippen LogP contribution in [0.1, 0.15) is 17.0 Å². The molecule has 0 aliphatic carbocycles. The van der Waals surface area contributed by atoms with Gasteiger partial charge in [0.2, 0.25) is 6.39 Å². The Hall–Kier alpha value is -2.39. The van der Waals surface area contributed by atoms with Crippen molar-refractivity contribution in [2.24, 2.45) is 0 Å². The standard InChI is InChI=1S/C13H14N4O2/c1-18-12-3-2-10(6-11(12)7-14)8-15-5-4-13-16-9-19-17-13/h2-3,6,9,15H,4-5,8H2,1H3. The van der Waals surface area contributed by atoms with Gasteiger partial charge in [-0.2, -0.15) is 10.2 Å². The largest absolute Gasteiger partial charge is 0.495 e. The number of nitrogens with one attached hydrogen (secondary N) is 1. The lowest BCUT2D eigenvalue weighted by molar-refractivity contribution is 0.409. The molecule has 0 aliphatic heterocycles. The number of nitrogens with zero attached hydrogens (tertiary/aromatic N) is 3. The predicted molar refractivity (Wildman–Crippen MR) is 67.4 cm³/mol. The molecule has 0 bridgehead atoms. The van der Waals surface area contributed by atoms with Gasteiger partial charge in [-0.25, -0.2) is 0 Å². The zero-order valence-corrected chi connectivity index (χ0v) is 10.6. The van der Waals surface area contributed by atoms with Gasteiger partial charge in [0, 0.05) is 19.5 Å². The molecule has 1 heterocycles. The summed E-state index contributed by atoms with van der Waals surface area (Å²) in [5.74, 6) is 1.28. The highest BCUT2D eigenvalue weighted by Crippen LogP contribution is 2.18. The molecule has 98 valence electrons. The normalized spacial score (nSPS) is 10.1. The summed E-state index contributed by atoms with van der Waals surface area (Å²) < 4.78 is 9.74. The van der Waals surface area contributed by atoms with Crippen LogP contribution >= 0.6 is 0 Å². The molecule has 0 saturated carbocycles. The third kappa shape index (κ3) is 3.53. The van der Waals surface area contributed by atoms with Crippen LogP contribution in [0.4, 0.5) is 0 Å². The minimum atomic E-state index is 0.542. The summed E-state index contributed by atoms with van der Waals surface area (Å²) in [7, 11) is 1.55. The highest BCUT2D eigenvalue weighted by Gasteiger charge is 2.03. The van der Waals surface area contributed by atoms with E-state index in [1.165, 1.54) is 6.39 Å². The lowest BCUT2D eigenvalue weighted by Gasteiger charge is -2.06. The molecule has 0 unspecified atom stereocenters. The second-order valence-electron chi connectivity index (χ2n) is 3.92. The van der Waals surface area contributed by atoms with Crippen molar-refractivity contribution in [3.05, 3.63) is 41.5 Å². The number of aromatic nitrogens is 2. The fraction of sp³-hybridized carbons (Fsp3) is 0.308. The first kappa shape index (κ1) is 13.1. The van der Waals surface area contributed by atoms with Crippen molar-refractivity contribution in [1.82, 2.24) is 15.5 Å². The van der Waals surface area contributed by atoms with Gasteiger partial charge in [0.15, 0.2) is 5.82 Å². The SMILES string of the molecule is COc1ccc(CNCCc2ncon2)cc1C#N. The van der Waals surface area contributed by atoms with Crippen LogP contribution in [0, 0.1) is 11.3 Å². The lowest BCUT2D eigenvalue weighted by Crippen LogP contribution is -2.17. The molecule has 0 fully saturated rings. The van der Waals surface area contributed by atoms with Crippen LogP contribution in [0.25, 0.3) is 0 Å². The van der Waals surface area contributed by atoms with Crippen molar-refractivity contribution in [2.45, 2.75) is 13.0 Å². The third-order valence-electron chi connectivity index (χ3n) is 2.65. The highest BCUT2D eigenvalue weighted by molar-refractivity contribution is 5.45. The molecule has 6 heteroatoms. The van der Waals surface area contributed by atoms with Gasteiger partial charge in [0.25, 0.3) is 0 Å². The molecule has 0 saturated heterocycles. The van der Waals surface area contributed by atoms with E-state index in [-0.39, 0.29) is 0 Å². The number of nitriles is 1. The van der Waals surface area contributed by atoms with Crippen molar-refractivity contribution in [2.75, 3.05) is 13.7 Å². The third-order valence-corrected chi connectivity index (χ3v) is 2.65. The zero-order valence-electron chi connectivity index (χ0n) is 10.6. The quantitative estimate of drug-likeness (QED) is 0.786. The number of ether oxygens (including phenoxy) is 1. The first-order chi connectivity index (χ1) is 9.33. The van der Waals surface area contributed by atoms with Gasteiger partial charge in [0.05, 0.1) is 12.7 Å². The number of rotatable bonds is 6. The Kier molecular flexibility index (Phi) is 4.48. The summed E-state index contributed by atoms with van der Waals surface area (Å²) in [6.07, 6.45) is 2.02. The summed E-state index contributed by atoms with van der Waals surface area (Å²) in [5.41, 5.74) is 1.57. The highest BCUT2D eigenvalue weighted by atomic mass is 16.5. The van der Waals surface area contributed by atoms with Crippen molar-refractivity contribution in [3.8, 4) is 11.8 Å². The fourth-order valence-electron chi connectivity index (χ4n) is 1.69. The van der Waals surface area contributed by atoms with Gasteiger partial charge in [-0.15, -0.1) is 0 Å². The van der Waals surface area contributed by atoms with Crippen LogP contribution in [0.2, 0.25) is 0 Å². The monoisotopic (exact) mass is 258 g/mol. The Morgan fingerprint density at radius 3 is 3.05 bits per heavy atom. The Balaban J connectivity index is 1.84. The Morgan fingerprint density at radius 2 is 2.37 bits per heavy atom. The summed E-state index contributed by atoms with van der Waals surface area (Å²) in [6.45, 7) is 1.42. The Morgan fingerprint density at radius 1 is 1.47 bits per heavy atom. The van der Waals surface area contributed by atoms with Gasteiger partial charge in [0.1, 0.15) is 11.8 Å². The van der Waals surface area contributed by atoms with Gasteiger partial charge >= 0.3 is 0 Å². The molecule has 2 aromatic rings. The number of hydrogen-bond acceptors (Lipinski definition) is 6. The maximum Gasteiger partial charge on any atom is 0.213 e. The maximum atomic E-state index is 8.99. The van der Waals surface area contributed by atoms with E-state index in [1.807, 2.05) is 12.1 Å². The second kappa shape index (κ2) is 6.52. The van der Waals surface area contributed by atoms with Crippen LogP contribution in [0.15, 0.2) is 29.1 Å². The van der Waals surface area contributed by atoms with E-state index in [4.69, 9.17) is 10.00 Å². The first-order valence-electron chi connectivity index (χ1n) is 5.86. The van der Waals surface area contributed by atoms with Gasteiger partial charge < -0.3 is 14.6 Å². The summed E-state index contributed by atoms with van der Waals surface area (Å²) in [5, 5.41) is 16.0. The van der Waals surface area contributed by atoms with Crippen molar-refractivity contribution < 1.29 is 9.26 Å². The van der Waals surface area contributed by atoms with Crippen molar-refractivity contribution >= 4 is 0 Å². The van der Waals surface area contributed by atoms with Crippen molar-refractivity contribution in [1.29, 1.82) is 5.26 Å². The van der Waals surface area contributed by atoms with Crippen LogP contribution in [0.3, 0.4) is 0 Å². The molecular formula is C13H14N4O2. The van der Waals surface area contributed by atoms with Crippen LogP contribution in [-0.4, -0.2) is 23.8 Å². The van der Waals surface area contributed by atoms with E-state index in [9.17, 15) is 0 Å². The molecule has 1 aromatic heterocycles. The molecule has 0 amide bonds. The van der Waals surface area contributed by atoms with Gasteiger partial charge in [-0.05, 0) is 17.7 Å². The van der Waals surface area contributed by atoms with E-state index in [1.54, 1.807) is 13.2 Å². The van der Waals surface area contributed by atoms with Crippen LogP contribution < -0.4 is 10.1 Å². The Labute approximate surface area is 111 Å². The number of hydrogen-bond donors (Lipinski definition) is 1. The second-order valence-corrected chi connectivity index (χ2v) is 3.92. The molecule has 6 nitrogen and oxygen atoms in total. The average Bonchev–Trinajstić information content (AvgIpc) is 2.96. The summed E-state index contributed by atoms with van der Waals surface area (Å²) >= 11 is 0. The van der Waals surface area contributed by atoms with Crippen molar-refractivity contribution in [3.63, 3.8) is 0 Å². The molecule has 19 heavy (non-hydrogen) atoms. The van der Waals surface area contributed by atoms with E-state index in [0.29, 0.717) is 30.1 Å². The van der Waals surface area contributed by atoms with E-state index in [2.05, 4.69) is 26.0 Å². The Bertz CT molecular complexity index is 561. The number of methoxy groups -OCH3 is 1. The topological polar surface area (TPSA) is 84.0 Å². The molecule has 0 spiro atoms. The van der Waals surface area contributed by atoms with E-state index < -0.39 is 0 Å². The molecule has 0 aliphatic rings. The van der Waals surface area contributed by atoms with Gasteiger partial charge in [-0.3, -0.25) is 0 Å². The summed E-state index contributed by atoms with van der Waals surface area (Å²) in [4.78, 5) is 3.93. The minimum Gasteiger partial charge on any atom is -0.495 e. The minimum absolute atomic E-state index is 0.542. The smallest absolute Gasteiger partial charge is 0.213 e. The van der Waals surface area contributed by atoms with Gasteiger partial charge in [-0.1, -0.05) is 11.2 Å². The molecule has 1 aromatic carbocycles. The first-order valence-corrected chi connectivity index (χ1v) is 5.86. The average molecular weight is 258 g/mol. The zero-order chi connectivity index (χ0) is 13.5. The number of benzene rings is 1. The summed E-state index contributed by atoms with van der Waals surface area (Å²) in [6, 6.07) is 7.67. The molecular weight excluding hydrogens is 244 g/mol. The maximum absolute atomic E-state index is 8.99.